The number of carbonyl (C=O) groups excluding carboxylic acids is 1. The zero-order valence-electron chi connectivity index (χ0n) is 14.9. The van der Waals surface area contributed by atoms with Crippen LogP contribution in [0, 0.1) is 0 Å². The Balaban J connectivity index is 1.43. The minimum Gasteiger partial charge on any atom is -0.489 e. The highest BCUT2D eigenvalue weighted by molar-refractivity contribution is 6.30. The summed E-state index contributed by atoms with van der Waals surface area (Å²) in [5.74, 6) is 0.581. The number of benzene rings is 3. The fraction of sp³-hybridized carbons (Fsp3) is 0.0435. The Morgan fingerprint density at radius 1 is 0.929 bits per heavy atom. The van der Waals surface area contributed by atoms with E-state index in [2.05, 4.69) is 10.3 Å². The van der Waals surface area contributed by atoms with Crippen molar-refractivity contribution in [1.29, 1.82) is 0 Å². The Morgan fingerprint density at radius 2 is 1.71 bits per heavy atom. The molecule has 0 fully saturated rings. The minimum absolute atomic E-state index is 0.165. The maximum Gasteiger partial charge on any atom is 0.255 e. The molecule has 0 bridgehead atoms. The largest absolute Gasteiger partial charge is 0.489 e. The number of aromatic nitrogens is 1. The van der Waals surface area contributed by atoms with Gasteiger partial charge in [0.05, 0.1) is 11.2 Å². The van der Waals surface area contributed by atoms with Crippen molar-refractivity contribution < 1.29 is 9.53 Å². The molecule has 0 saturated carbocycles. The summed E-state index contributed by atoms with van der Waals surface area (Å²) < 4.78 is 5.73. The van der Waals surface area contributed by atoms with Crippen LogP contribution >= 0.6 is 11.6 Å². The number of carbonyl (C=O) groups is 1. The monoisotopic (exact) mass is 388 g/mol. The number of hydrogen-bond acceptors (Lipinski definition) is 3. The van der Waals surface area contributed by atoms with Crippen LogP contribution in [0.2, 0.25) is 5.02 Å². The molecule has 0 unspecified atom stereocenters. The summed E-state index contributed by atoms with van der Waals surface area (Å²) in [4.78, 5) is 16.9. The number of fused-ring (bicyclic) bond motifs is 1. The molecule has 138 valence electrons. The molecule has 1 amide bonds. The van der Waals surface area contributed by atoms with E-state index in [0.717, 1.165) is 27.9 Å². The van der Waals surface area contributed by atoms with E-state index < -0.39 is 0 Å². The van der Waals surface area contributed by atoms with Crippen molar-refractivity contribution in [2.75, 3.05) is 5.32 Å². The van der Waals surface area contributed by atoms with E-state index in [1.54, 1.807) is 30.5 Å². The van der Waals surface area contributed by atoms with Crippen LogP contribution in [0.1, 0.15) is 15.9 Å². The topological polar surface area (TPSA) is 51.2 Å². The lowest BCUT2D eigenvalue weighted by atomic mass is 10.1. The van der Waals surface area contributed by atoms with Crippen LogP contribution < -0.4 is 10.1 Å². The van der Waals surface area contributed by atoms with Gasteiger partial charge in [-0.3, -0.25) is 9.78 Å². The number of nitrogens with one attached hydrogen (secondary N) is 1. The van der Waals surface area contributed by atoms with Crippen molar-refractivity contribution in [3.05, 3.63) is 101 Å². The van der Waals surface area contributed by atoms with Crippen molar-refractivity contribution in [3.8, 4) is 5.75 Å². The summed E-state index contributed by atoms with van der Waals surface area (Å²) in [5, 5.41) is 4.54. The first-order valence-corrected chi connectivity index (χ1v) is 9.19. The SMILES string of the molecule is O=C(Nc1cccc2ncccc12)c1ccc(COc2ccc(Cl)cc2)cc1. The highest BCUT2D eigenvalue weighted by Crippen LogP contribution is 2.22. The molecule has 1 N–H and O–H groups in total. The van der Waals surface area contributed by atoms with Crippen molar-refractivity contribution in [1.82, 2.24) is 4.98 Å². The zero-order chi connectivity index (χ0) is 19.3. The number of rotatable bonds is 5. The Labute approximate surface area is 167 Å². The van der Waals surface area contributed by atoms with E-state index in [1.807, 2.05) is 54.6 Å². The van der Waals surface area contributed by atoms with E-state index in [-0.39, 0.29) is 5.91 Å². The van der Waals surface area contributed by atoms with Crippen LogP contribution in [0.5, 0.6) is 5.75 Å². The maximum absolute atomic E-state index is 12.6. The van der Waals surface area contributed by atoms with Gasteiger partial charge in [0.1, 0.15) is 12.4 Å². The van der Waals surface area contributed by atoms with E-state index in [4.69, 9.17) is 16.3 Å². The van der Waals surface area contributed by atoms with Gasteiger partial charge in [-0.2, -0.15) is 0 Å². The maximum atomic E-state index is 12.6. The summed E-state index contributed by atoms with van der Waals surface area (Å²) in [6, 6.07) is 24.0. The first-order chi connectivity index (χ1) is 13.7. The Hall–Kier alpha value is -3.37. The van der Waals surface area contributed by atoms with Crippen molar-refractivity contribution in [3.63, 3.8) is 0 Å². The molecule has 0 aliphatic rings. The summed E-state index contributed by atoms with van der Waals surface area (Å²) >= 11 is 5.87. The van der Waals surface area contributed by atoms with Crippen LogP contribution in [0.4, 0.5) is 5.69 Å². The second-order valence-corrected chi connectivity index (χ2v) is 6.71. The number of nitrogens with zero attached hydrogens (tertiary/aromatic N) is 1. The number of halogens is 1. The zero-order valence-corrected chi connectivity index (χ0v) is 15.7. The first-order valence-electron chi connectivity index (χ1n) is 8.81. The molecule has 0 saturated heterocycles. The number of anilines is 1. The predicted octanol–water partition coefficient (Wildman–Crippen LogP) is 5.72. The third-order valence-electron chi connectivity index (χ3n) is 4.33. The number of hydrogen-bond donors (Lipinski definition) is 1. The second kappa shape index (κ2) is 8.11. The van der Waals surface area contributed by atoms with Crippen molar-refractivity contribution in [2.45, 2.75) is 6.61 Å². The summed E-state index contributed by atoms with van der Waals surface area (Å²) in [6.45, 7) is 0.415. The van der Waals surface area contributed by atoms with Crippen LogP contribution in [0.25, 0.3) is 10.9 Å². The lowest BCUT2D eigenvalue weighted by Gasteiger charge is -2.09. The Kier molecular flexibility index (Phi) is 5.22. The average Bonchev–Trinajstić information content (AvgIpc) is 2.74. The standard InChI is InChI=1S/C23H17ClN2O2/c24-18-10-12-19(13-11-18)28-15-16-6-8-17(9-7-16)23(27)26-22-5-1-4-21-20(22)3-2-14-25-21/h1-14H,15H2,(H,26,27). The van der Waals surface area contributed by atoms with Gasteiger partial charge in [0.2, 0.25) is 0 Å². The van der Waals surface area contributed by atoms with Gasteiger partial charge in [-0.1, -0.05) is 29.8 Å². The van der Waals surface area contributed by atoms with Crippen LogP contribution in [-0.2, 0) is 6.61 Å². The van der Waals surface area contributed by atoms with Gasteiger partial charge in [-0.15, -0.1) is 0 Å². The minimum atomic E-state index is -0.165. The lowest BCUT2D eigenvalue weighted by molar-refractivity contribution is 0.102. The highest BCUT2D eigenvalue weighted by Gasteiger charge is 2.09. The van der Waals surface area contributed by atoms with Gasteiger partial charge in [-0.25, -0.2) is 0 Å². The van der Waals surface area contributed by atoms with Crippen LogP contribution in [-0.4, -0.2) is 10.9 Å². The molecule has 5 heteroatoms. The quantitative estimate of drug-likeness (QED) is 0.475. The molecule has 0 spiro atoms. The van der Waals surface area contributed by atoms with Gasteiger partial charge in [-0.05, 0) is 66.2 Å². The van der Waals surface area contributed by atoms with Crippen molar-refractivity contribution in [2.24, 2.45) is 0 Å². The molecule has 0 aliphatic heterocycles. The van der Waals surface area contributed by atoms with Gasteiger partial charge < -0.3 is 10.1 Å². The molecule has 28 heavy (non-hydrogen) atoms. The van der Waals surface area contributed by atoms with Crippen molar-refractivity contribution >= 4 is 34.1 Å². The number of ether oxygens (including phenoxy) is 1. The molecule has 3 aromatic carbocycles. The molecule has 4 rings (SSSR count). The third-order valence-corrected chi connectivity index (χ3v) is 4.58. The highest BCUT2D eigenvalue weighted by atomic mass is 35.5. The third kappa shape index (κ3) is 4.13. The molecular weight excluding hydrogens is 372 g/mol. The molecule has 1 heterocycles. The Morgan fingerprint density at radius 3 is 2.50 bits per heavy atom. The molecule has 1 aromatic heterocycles. The smallest absolute Gasteiger partial charge is 0.255 e. The number of amides is 1. The van der Waals surface area contributed by atoms with E-state index in [0.29, 0.717) is 17.2 Å². The molecule has 4 aromatic rings. The number of pyridine rings is 1. The lowest BCUT2D eigenvalue weighted by Crippen LogP contribution is -2.12. The van der Waals surface area contributed by atoms with Gasteiger partial charge in [0.15, 0.2) is 0 Å². The van der Waals surface area contributed by atoms with E-state index in [1.165, 1.54) is 0 Å². The van der Waals surface area contributed by atoms with E-state index in [9.17, 15) is 4.79 Å². The summed E-state index contributed by atoms with van der Waals surface area (Å²) in [6.07, 6.45) is 1.73. The molecule has 4 nitrogen and oxygen atoms in total. The summed E-state index contributed by atoms with van der Waals surface area (Å²) in [5.41, 5.74) is 3.14. The molecular formula is C23H17ClN2O2. The average molecular weight is 389 g/mol. The Bertz CT molecular complexity index is 1100. The van der Waals surface area contributed by atoms with E-state index >= 15 is 0 Å². The second-order valence-electron chi connectivity index (χ2n) is 6.27. The normalized spacial score (nSPS) is 10.6. The van der Waals surface area contributed by atoms with Crippen LogP contribution in [0.15, 0.2) is 85.1 Å². The van der Waals surface area contributed by atoms with Crippen LogP contribution in [0.3, 0.4) is 0 Å². The fourth-order valence-corrected chi connectivity index (χ4v) is 2.98. The summed E-state index contributed by atoms with van der Waals surface area (Å²) in [7, 11) is 0. The van der Waals surface area contributed by atoms with Gasteiger partial charge in [0, 0.05) is 22.2 Å². The first kappa shape index (κ1) is 18.0. The molecule has 0 aliphatic carbocycles. The van der Waals surface area contributed by atoms with Gasteiger partial charge in [0.25, 0.3) is 5.91 Å². The molecule has 0 atom stereocenters. The van der Waals surface area contributed by atoms with Gasteiger partial charge >= 0.3 is 0 Å². The fourth-order valence-electron chi connectivity index (χ4n) is 2.86. The predicted molar refractivity (Wildman–Crippen MR) is 112 cm³/mol. The molecule has 0 radical (unpaired) electrons.